The molecule has 2 heteroatoms. The second kappa shape index (κ2) is 2.99. The van der Waals surface area contributed by atoms with Crippen LogP contribution in [0.15, 0.2) is 5.76 Å². The normalized spacial score (nSPS) is 11.0. The van der Waals surface area contributed by atoms with Gasteiger partial charge < -0.3 is 4.43 Å². The third-order valence-electron chi connectivity index (χ3n) is 0.786. The minimum Gasteiger partial charge on any atom is -0.511 e. The molecular formula is C7H15OSi+. The molecule has 0 bridgehead atoms. The first-order chi connectivity index (χ1) is 3.95. The standard InChI is InChI=1S/C7H15OSi/c1-6-7(2)8-9(3,4)5/h2H,6H2,1,3-5H3/q+1. The van der Waals surface area contributed by atoms with Crippen molar-refractivity contribution in [2.45, 2.75) is 33.0 Å². The molecule has 0 aliphatic rings. The number of hydrogen-bond acceptors (Lipinski definition) is 1. The molecule has 0 heterocycles. The Labute approximate surface area is 58.9 Å². The molecule has 0 N–H and O–H groups in total. The Bertz CT molecular complexity index is 102. The van der Waals surface area contributed by atoms with Crippen LogP contribution in [0.3, 0.4) is 0 Å². The summed E-state index contributed by atoms with van der Waals surface area (Å²) in [5.74, 6) is 0.675. The Morgan fingerprint density at radius 2 is 1.89 bits per heavy atom. The molecule has 0 saturated heterocycles. The van der Waals surface area contributed by atoms with E-state index >= 15 is 0 Å². The summed E-state index contributed by atoms with van der Waals surface area (Å²) in [4.78, 5) is 0. The van der Waals surface area contributed by atoms with E-state index in [1.807, 2.05) is 6.92 Å². The van der Waals surface area contributed by atoms with E-state index in [9.17, 15) is 0 Å². The molecule has 0 aliphatic heterocycles. The van der Waals surface area contributed by atoms with Crippen molar-refractivity contribution in [2.75, 3.05) is 0 Å². The van der Waals surface area contributed by atoms with Gasteiger partial charge in [0.1, 0.15) is 0 Å². The second-order valence-corrected chi connectivity index (χ2v) is 7.46. The molecule has 0 amide bonds. The Hall–Kier alpha value is -0.333. The van der Waals surface area contributed by atoms with Crippen LogP contribution in [0.25, 0.3) is 0 Å². The highest BCUT2D eigenvalue weighted by atomic mass is 28.4. The van der Waals surface area contributed by atoms with Crippen molar-refractivity contribution in [3.05, 3.63) is 12.3 Å². The predicted molar refractivity (Wildman–Crippen MR) is 42.5 cm³/mol. The van der Waals surface area contributed by atoms with Crippen molar-refractivity contribution in [2.24, 2.45) is 0 Å². The SMILES string of the molecule is [CH+]=C(CC)O[Si](C)(C)C. The Balaban J connectivity index is 3.60. The zero-order chi connectivity index (χ0) is 7.49. The van der Waals surface area contributed by atoms with Crippen LogP contribution in [0.1, 0.15) is 13.3 Å². The molecule has 1 nitrogen and oxygen atoms in total. The molecule has 9 heavy (non-hydrogen) atoms. The molecule has 0 aliphatic carbocycles. The highest BCUT2D eigenvalue weighted by Gasteiger charge is 2.19. The Morgan fingerprint density at radius 3 is 2.00 bits per heavy atom. The molecule has 0 aromatic carbocycles. The summed E-state index contributed by atoms with van der Waals surface area (Å²) in [6.45, 7) is 13.8. The van der Waals surface area contributed by atoms with Gasteiger partial charge in [-0.3, -0.25) is 0 Å². The van der Waals surface area contributed by atoms with E-state index in [2.05, 4.69) is 19.6 Å². The fraction of sp³-hybridized carbons (Fsp3) is 0.714. The fourth-order valence-corrected chi connectivity index (χ4v) is 1.40. The Kier molecular flexibility index (Phi) is 2.88. The molecule has 0 aromatic heterocycles. The highest BCUT2D eigenvalue weighted by Crippen LogP contribution is 2.10. The van der Waals surface area contributed by atoms with Crippen LogP contribution in [0.4, 0.5) is 0 Å². The monoisotopic (exact) mass is 143 g/mol. The first-order valence-corrected chi connectivity index (χ1v) is 6.67. The number of allylic oxidation sites excluding steroid dienone is 1. The van der Waals surface area contributed by atoms with Gasteiger partial charge in [-0.2, -0.15) is 0 Å². The van der Waals surface area contributed by atoms with Crippen molar-refractivity contribution < 1.29 is 4.43 Å². The van der Waals surface area contributed by atoms with Crippen LogP contribution < -0.4 is 0 Å². The summed E-state index contributed by atoms with van der Waals surface area (Å²) < 4.78 is 5.42. The first kappa shape index (κ1) is 8.67. The third-order valence-corrected chi connectivity index (χ3v) is 1.66. The minimum absolute atomic E-state index is 0.675. The van der Waals surface area contributed by atoms with Crippen molar-refractivity contribution in [1.29, 1.82) is 0 Å². The largest absolute Gasteiger partial charge is 0.511 e. The van der Waals surface area contributed by atoms with Crippen LogP contribution in [0.2, 0.25) is 19.6 Å². The molecule has 0 unspecified atom stereocenters. The van der Waals surface area contributed by atoms with Crippen molar-refractivity contribution >= 4 is 8.32 Å². The first-order valence-electron chi connectivity index (χ1n) is 3.26. The lowest BCUT2D eigenvalue weighted by Crippen LogP contribution is -2.24. The lowest BCUT2D eigenvalue weighted by molar-refractivity contribution is 0.406. The van der Waals surface area contributed by atoms with Gasteiger partial charge in [-0.1, -0.05) is 6.92 Å². The van der Waals surface area contributed by atoms with Crippen LogP contribution in [-0.2, 0) is 4.43 Å². The van der Waals surface area contributed by atoms with Crippen LogP contribution in [0, 0.1) is 6.58 Å². The maximum Gasteiger partial charge on any atom is 0.323 e. The molecule has 52 valence electrons. The predicted octanol–water partition coefficient (Wildman–Crippen LogP) is 2.56. The molecular weight excluding hydrogens is 128 g/mol. The van der Waals surface area contributed by atoms with Gasteiger partial charge in [-0.25, -0.2) is 0 Å². The van der Waals surface area contributed by atoms with Gasteiger partial charge in [0.15, 0.2) is 0 Å². The smallest absolute Gasteiger partial charge is 0.323 e. The van der Waals surface area contributed by atoms with E-state index in [4.69, 9.17) is 11.0 Å². The summed E-state index contributed by atoms with van der Waals surface area (Å²) in [6.07, 6.45) is 0.824. The van der Waals surface area contributed by atoms with E-state index in [1.54, 1.807) is 0 Å². The lowest BCUT2D eigenvalue weighted by Gasteiger charge is -2.14. The average molecular weight is 143 g/mol. The van der Waals surface area contributed by atoms with E-state index in [-0.39, 0.29) is 0 Å². The van der Waals surface area contributed by atoms with Gasteiger partial charge in [0.05, 0.1) is 6.42 Å². The molecule has 0 spiro atoms. The minimum atomic E-state index is -1.40. The highest BCUT2D eigenvalue weighted by molar-refractivity contribution is 6.70. The van der Waals surface area contributed by atoms with E-state index < -0.39 is 8.32 Å². The van der Waals surface area contributed by atoms with Crippen molar-refractivity contribution in [1.82, 2.24) is 0 Å². The van der Waals surface area contributed by atoms with Gasteiger partial charge >= 0.3 is 5.76 Å². The van der Waals surface area contributed by atoms with Gasteiger partial charge in [0.25, 0.3) is 0 Å². The van der Waals surface area contributed by atoms with E-state index in [1.165, 1.54) is 0 Å². The zero-order valence-electron chi connectivity index (χ0n) is 6.69. The average Bonchev–Trinajstić information content (AvgIpc) is 1.62. The summed E-state index contributed by atoms with van der Waals surface area (Å²) in [5.41, 5.74) is 0. The summed E-state index contributed by atoms with van der Waals surface area (Å²) >= 11 is 0. The molecule has 0 saturated carbocycles. The van der Waals surface area contributed by atoms with Gasteiger partial charge in [-0.15, -0.1) is 0 Å². The topological polar surface area (TPSA) is 9.23 Å². The zero-order valence-corrected chi connectivity index (χ0v) is 7.69. The van der Waals surface area contributed by atoms with Crippen molar-refractivity contribution in [3.8, 4) is 0 Å². The third kappa shape index (κ3) is 5.54. The Morgan fingerprint density at radius 1 is 1.44 bits per heavy atom. The molecule has 0 radical (unpaired) electrons. The van der Waals surface area contributed by atoms with Gasteiger partial charge in [0.2, 0.25) is 14.9 Å². The molecule has 0 atom stereocenters. The lowest BCUT2D eigenvalue weighted by atomic mass is 10.4. The fourth-order valence-electron chi connectivity index (χ4n) is 0.465. The summed E-state index contributed by atoms with van der Waals surface area (Å²) in [5, 5.41) is 0. The van der Waals surface area contributed by atoms with E-state index in [0.29, 0.717) is 5.76 Å². The number of rotatable bonds is 3. The molecule has 0 fully saturated rings. The van der Waals surface area contributed by atoms with E-state index in [0.717, 1.165) is 6.42 Å². The molecule has 0 rings (SSSR count). The van der Waals surface area contributed by atoms with Crippen LogP contribution in [-0.4, -0.2) is 8.32 Å². The van der Waals surface area contributed by atoms with Gasteiger partial charge in [-0.05, 0) is 19.6 Å². The van der Waals surface area contributed by atoms with Crippen LogP contribution in [0.5, 0.6) is 0 Å². The van der Waals surface area contributed by atoms with Gasteiger partial charge in [0, 0.05) is 0 Å². The summed E-state index contributed by atoms with van der Waals surface area (Å²) in [6, 6.07) is 0. The quantitative estimate of drug-likeness (QED) is 0.335. The van der Waals surface area contributed by atoms with Crippen molar-refractivity contribution in [3.63, 3.8) is 0 Å². The second-order valence-electron chi connectivity index (χ2n) is 3.03. The summed E-state index contributed by atoms with van der Waals surface area (Å²) in [7, 11) is -1.40. The number of hydrogen-bond donors (Lipinski definition) is 0. The maximum absolute atomic E-state index is 5.49. The molecule has 0 aromatic rings. The maximum atomic E-state index is 5.49. The van der Waals surface area contributed by atoms with Crippen LogP contribution >= 0.6 is 0 Å².